The molecule has 15 heavy (non-hydrogen) atoms. The van der Waals surface area contributed by atoms with Gasteiger partial charge in [-0.05, 0) is 44.6 Å². The first kappa shape index (κ1) is 11.3. The summed E-state index contributed by atoms with van der Waals surface area (Å²) in [6.45, 7) is 1.21. The molecule has 88 valence electrons. The van der Waals surface area contributed by atoms with Crippen molar-refractivity contribution in [3.05, 3.63) is 0 Å². The Hall–Kier alpha value is -0.150. The molecule has 0 amide bonds. The quantitative estimate of drug-likeness (QED) is 0.784. The SMILES string of the molecule is NCCC(F)C1CCOC2(CCCC2)C1. The van der Waals surface area contributed by atoms with Gasteiger partial charge in [0.25, 0.3) is 0 Å². The molecule has 1 spiro atoms. The molecule has 1 saturated heterocycles. The minimum absolute atomic E-state index is 0.0435. The standard InChI is InChI=1S/C12H22FNO/c13-11(3-7-14)10-4-8-15-12(9-10)5-1-2-6-12/h10-11H,1-9,14H2. The van der Waals surface area contributed by atoms with E-state index in [9.17, 15) is 4.39 Å². The van der Waals surface area contributed by atoms with Crippen molar-refractivity contribution in [2.45, 2.75) is 56.7 Å². The molecule has 0 bridgehead atoms. The second-order valence-electron chi connectivity index (χ2n) is 5.08. The molecular formula is C12H22FNO. The molecule has 2 atom stereocenters. The van der Waals surface area contributed by atoms with Crippen LogP contribution in [0.15, 0.2) is 0 Å². The predicted octanol–water partition coefficient (Wildman–Crippen LogP) is 2.41. The molecular weight excluding hydrogens is 193 g/mol. The van der Waals surface area contributed by atoms with Crippen LogP contribution in [0, 0.1) is 5.92 Å². The average molecular weight is 215 g/mol. The highest BCUT2D eigenvalue weighted by atomic mass is 19.1. The Morgan fingerprint density at radius 1 is 1.40 bits per heavy atom. The third-order valence-corrected chi connectivity index (χ3v) is 4.00. The van der Waals surface area contributed by atoms with Gasteiger partial charge in [-0.3, -0.25) is 0 Å². The Morgan fingerprint density at radius 3 is 2.80 bits per heavy atom. The van der Waals surface area contributed by atoms with Crippen molar-refractivity contribution in [2.24, 2.45) is 11.7 Å². The molecule has 0 radical (unpaired) electrons. The third-order valence-electron chi connectivity index (χ3n) is 4.00. The van der Waals surface area contributed by atoms with Gasteiger partial charge >= 0.3 is 0 Å². The smallest absolute Gasteiger partial charge is 0.104 e. The van der Waals surface area contributed by atoms with Crippen molar-refractivity contribution in [3.8, 4) is 0 Å². The highest BCUT2D eigenvalue weighted by Gasteiger charge is 2.41. The van der Waals surface area contributed by atoms with E-state index in [2.05, 4.69) is 0 Å². The molecule has 1 saturated carbocycles. The van der Waals surface area contributed by atoms with Gasteiger partial charge in [-0.25, -0.2) is 4.39 Å². The van der Waals surface area contributed by atoms with E-state index in [-0.39, 0.29) is 11.5 Å². The maximum Gasteiger partial charge on any atom is 0.104 e. The fraction of sp³-hybridized carbons (Fsp3) is 1.00. The van der Waals surface area contributed by atoms with Gasteiger partial charge in [0.1, 0.15) is 6.17 Å². The van der Waals surface area contributed by atoms with Crippen LogP contribution in [0.1, 0.15) is 44.9 Å². The summed E-state index contributed by atoms with van der Waals surface area (Å²) in [5, 5.41) is 0. The van der Waals surface area contributed by atoms with Crippen LogP contribution in [0.25, 0.3) is 0 Å². The van der Waals surface area contributed by atoms with Gasteiger partial charge in [-0.2, -0.15) is 0 Å². The molecule has 2 rings (SSSR count). The van der Waals surface area contributed by atoms with E-state index in [0.717, 1.165) is 32.3 Å². The maximum atomic E-state index is 13.8. The molecule has 1 aliphatic heterocycles. The van der Waals surface area contributed by atoms with Crippen LogP contribution in [0.5, 0.6) is 0 Å². The number of ether oxygens (including phenoxy) is 1. The Bertz CT molecular complexity index is 204. The van der Waals surface area contributed by atoms with E-state index >= 15 is 0 Å². The largest absolute Gasteiger partial charge is 0.375 e. The van der Waals surface area contributed by atoms with Crippen LogP contribution >= 0.6 is 0 Å². The molecule has 2 aliphatic rings. The molecule has 0 aromatic rings. The Balaban J connectivity index is 1.91. The van der Waals surface area contributed by atoms with E-state index < -0.39 is 6.17 Å². The molecule has 1 heterocycles. The number of nitrogens with two attached hydrogens (primary N) is 1. The Morgan fingerprint density at radius 2 is 2.13 bits per heavy atom. The van der Waals surface area contributed by atoms with E-state index in [0.29, 0.717) is 13.0 Å². The van der Waals surface area contributed by atoms with Crippen LogP contribution in [-0.2, 0) is 4.74 Å². The zero-order chi connectivity index (χ0) is 10.7. The lowest BCUT2D eigenvalue weighted by Gasteiger charge is -2.39. The van der Waals surface area contributed by atoms with Gasteiger partial charge in [0.15, 0.2) is 0 Å². The highest BCUT2D eigenvalue weighted by Crippen LogP contribution is 2.43. The van der Waals surface area contributed by atoms with Crippen molar-refractivity contribution < 1.29 is 9.13 Å². The summed E-state index contributed by atoms with van der Waals surface area (Å²) in [4.78, 5) is 0. The number of alkyl halides is 1. The highest BCUT2D eigenvalue weighted by molar-refractivity contribution is 4.92. The molecule has 2 fully saturated rings. The first-order chi connectivity index (χ1) is 7.26. The number of halogens is 1. The van der Waals surface area contributed by atoms with Crippen molar-refractivity contribution >= 4 is 0 Å². The van der Waals surface area contributed by atoms with Crippen molar-refractivity contribution in [3.63, 3.8) is 0 Å². The van der Waals surface area contributed by atoms with Gasteiger partial charge in [-0.15, -0.1) is 0 Å². The summed E-state index contributed by atoms with van der Waals surface area (Å²) in [5.74, 6) is 0.195. The molecule has 1 aliphatic carbocycles. The molecule has 3 heteroatoms. The van der Waals surface area contributed by atoms with E-state index in [1.165, 1.54) is 12.8 Å². The Labute approximate surface area is 91.4 Å². The first-order valence-corrected chi connectivity index (χ1v) is 6.24. The maximum absolute atomic E-state index is 13.8. The van der Waals surface area contributed by atoms with Gasteiger partial charge in [0.05, 0.1) is 5.60 Å². The van der Waals surface area contributed by atoms with E-state index in [1.54, 1.807) is 0 Å². The Kier molecular flexibility index (Phi) is 3.62. The molecule has 0 aromatic heterocycles. The average Bonchev–Trinajstić information content (AvgIpc) is 2.67. The minimum atomic E-state index is -0.712. The van der Waals surface area contributed by atoms with Gasteiger partial charge in [0.2, 0.25) is 0 Å². The van der Waals surface area contributed by atoms with Crippen LogP contribution in [0.3, 0.4) is 0 Å². The third kappa shape index (κ3) is 2.51. The lowest BCUT2D eigenvalue weighted by molar-refractivity contribution is -0.104. The van der Waals surface area contributed by atoms with Gasteiger partial charge in [-0.1, -0.05) is 12.8 Å². The van der Waals surface area contributed by atoms with Crippen LogP contribution < -0.4 is 5.73 Å². The van der Waals surface area contributed by atoms with Crippen molar-refractivity contribution in [2.75, 3.05) is 13.2 Å². The predicted molar refractivity (Wildman–Crippen MR) is 58.4 cm³/mol. The normalized spacial score (nSPS) is 32.0. The van der Waals surface area contributed by atoms with Crippen molar-refractivity contribution in [1.82, 2.24) is 0 Å². The lowest BCUT2D eigenvalue weighted by atomic mass is 9.81. The van der Waals surface area contributed by atoms with Gasteiger partial charge in [0, 0.05) is 6.61 Å². The molecule has 2 N–H and O–H groups in total. The van der Waals surface area contributed by atoms with Crippen LogP contribution in [0.2, 0.25) is 0 Å². The lowest BCUT2D eigenvalue weighted by Crippen LogP contribution is -2.40. The van der Waals surface area contributed by atoms with Crippen molar-refractivity contribution in [1.29, 1.82) is 0 Å². The van der Waals surface area contributed by atoms with E-state index in [1.807, 2.05) is 0 Å². The summed E-state index contributed by atoms with van der Waals surface area (Å²) in [6, 6.07) is 0. The van der Waals surface area contributed by atoms with Crippen LogP contribution in [0.4, 0.5) is 4.39 Å². The molecule has 0 aromatic carbocycles. The first-order valence-electron chi connectivity index (χ1n) is 6.24. The minimum Gasteiger partial charge on any atom is -0.375 e. The fourth-order valence-electron chi connectivity index (χ4n) is 3.14. The summed E-state index contributed by atoms with van der Waals surface area (Å²) in [7, 11) is 0. The molecule has 2 nitrogen and oxygen atoms in total. The van der Waals surface area contributed by atoms with Crippen LogP contribution in [-0.4, -0.2) is 24.9 Å². The summed E-state index contributed by atoms with van der Waals surface area (Å²) in [5.41, 5.74) is 5.45. The second kappa shape index (κ2) is 4.79. The summed E-state index contributed by atoms with van der Waals surface area (Å²) < 4.78 is 19.7. The summed E-state index contributed by atoms with van der Waals surface area (Å²) >= 11 is 0. The number of hydrogen-bond donors (Lipinski definition) is 1. The summed E-state index contributed by atoms with van der Waals surface area (Å²) in [6.07, 6.45) is 6.38. The topological polar surface area (TPSA) is 35.2 Å². The van der Waals surface area contributed by atoms with Gasteiger partial charge < -0.3 is 10.5 Å². The zero-order valence-electron chi connectivity index (χ0n) is 9.38. The number of rotatable bonds is 3. The van der Waals surface area contributed by atoms with E-state index in [4.69, 9.17) is 10.5 Å². The zero-order valence-corrected chi connectivity index (χ0v) is 9.38. The molecule has 2 unspecified atom stereocenters. The number of hydrogen-bond acceptors (Lipinski definition) is 2. The second-order valence-corrected chi connectivity index (χ2v) is 5.08. The monoisotopic (exact) mass is 215 g/mol. The fourth-order valence-corrected chi connectivity index (χ4v) is 3.14.